The largest absolute Gasteiger partial charge is 0.488 e. The van der Waals surface area contributed by atoms with Crippen LogP contribution in [0.1, 0.15) is 24.8 Å². The average Bonchev–Trinajstić information content (AvgIpc) is 3.33. The van der Waals surface area contributed by atoms with Crippen molar-refractivity contribution in [2.24, 2.45) is 5.73 Å². The summed E-state index contributed by atoms with van der Waals surface area (Å²) in [6.07, 6.45) is 4.09. The number of fused-ring (bicyclic) bond motifs is 1. The predicted octanol–water partition coefficient (Wildman–Crippen LogP) is 3.02. The first kappa shape index (κ1) is 19.1. The lowest BCUT2D eigenvalue weighted by Gasteiger charge is -2.21. The minimum Gasteiger partial charge on any atom is -0.488 e. The normalized spacial score (nSPS) is 18.8. The van der Waals surface area contributed by atoms with Crippen LogP contribution in [0.5, 0.6) is 5.75 Å². The first-order valence-electron chi connectivity index (χ1n) is 9.97. The van der Waals surface area contributed by atoms with Gasteiger partial charge < -0.3 is 20.4 Å². The van der Waals surface area contributed by atoms with Crippen LogP contribution in [0.25, 0.3) is 10.9 Å². The Balaban J connectivity index is 1.35. The monoisotopic (exact) mass is 391 g/mol. The van der Waals surface area contributed by atoms with Crippen LogP contribution in [0.15, 0.2) is 60.8 Å². The zero-order chi connectivity index (χ0) is 20.2. The van der Waals surface area contributed by atoms with Crippen LogP contribution in [-0.2, 0) is 16.0 Å². The van der Waals surface area contributed by atoms with Crippen molar-refractivity contribution in [1.82, 2.24) is 9.88 Å². The Morgan fingerprint density at radius 1 is 1.10 bits per heavy atom. The highest BCUT2D eigenvalue weighted by molar-refractivity contribution is 5.87. The number of benzene rings is 2. The molecule has 1 aliphatic rings. The van der Waals surface area contributed by atoms with Gasteiger partial charge in [0.05, 0.1) is 6.54 Å². The summed E-state index contributed by atoms with van der Waals surface area (Å²) < 4.78 is 5.94. The summed E-state index contributed by atoms with van der Waals surface area (Å²) >= 11 is 0. The summed E-state index contributed by atoms with van der Waals surface area (Å²) in [6, 6.07) is 17.0. The zero-order valence-electron chi connectivity index (χ0n) is 16.2. The van der Waals surface area contributed by atoms with Crippen LogP contribution >= 0.6 is 0 Å². The van der Waals surface area contributed by atoms with E-state index in [2.05, 4.69) is 11.1 Å². The first-order chi connectivity index (χ1) is 14.1. The molecule has 3 N–H and O–H groups in total. The number of aromatic nitrogens is 1. The number of nitrogens with zero attached hydrogens (tertiary/aromatic N) is 1. The van der Waals surface area contributed by atoms with Crippen molar-refractivity contribution >= 4 is 22.7 Å². The highest BCUT2D eigenvalue weighted by Gasteiger charge is 2.39. The molecule has 2 aromatic carbocycles. The minimum atomic E-state index is -0.607. The Kier molecular flexibility index (Phi) is 5.51. The molecule has 2 atom stereocenters. The molecule has 2 amide bonds. The van der Waals surface area contributed by atoms with Crippen molar-refractivity contribution in [3.05, 3.63) is 66.4 Å². The molecule has 29 heavy (non-hydrogen) atoms. The maximum absolute atomic E-state index is 12.8. The van der Waals surface area contributed by atoms with Gasteiger partial charge in [0.1, 0.15) is 17.9 Å². The van der Waals surface area contributed by atoms with E-state index in [4.69, 9.17) is 10.5 Å². The lowest BCUT2D eigenvalue weighted by molar-refractivity contribution is -0.137. The third kappa shape index (κ3) is 4.26. The van der Waals surface area contributed by atoms with Gasteiger partial charge in [-0.1, -0.05) is 36.4 Å². The van der Waals surface area contributed by atoms with Crippen LogP contribution in [0, 0.1) is 0 Å². The number of aromatic amines is 1. The van der Waals surface area contributed by atoms with Crippen molar-refractivity contribution in [2.75, 3.05) is 6.54 Å². The van der Waals surface area contributed by atoms with Gasteiger partial charge in [-0.15, -0.1) is 0 Å². The molecule has 6 nitrogen and oxygen atoms in total. The number of nitrogens with one attached hydrogen (secondary N) is 1. The third-order valence-corrected chi connectivity index (χ3v) is 5.47. The van der Waals surface area contributed by atoms with Gasteiger partial charge in [-0.05, 0) is 36.6 Å². The lowest BCUT2D eigenvalue weighted by atomic mass is 10.1. The van der Waals surface area contributed by atoms with Gasteiger partial charge >= 0.3 is 0 Å². The van der Waals surface area contributed by atoms with Crippen molar-refractivity contribution < 1.29 is 14.3 Å². The molecule has 1 saturated heterocycles. The average molecular weight is 391 g/mol. The molecule has 6 heteroatoms. The summed E-state index contributed by atoms with van der Waals surface area (Å²) in [4.78, 5) is 29.5. The van der Waals surface area contributed by atoms with E-state index in [1.165, 1.54) is 10.9 Å². The fraction of sp³-hybridized carbons (Fsp3) is 0.304. The number of likely N-dealkylation sites (tertiary alicyclic amines) is 1. The molecule has 0 spiro atoms. The van der Waals surface area contributed by atoms with E-state index in [1.807, 2.05) is 54.7 Å². The molecule has 3 aromatic rings. The van der Waals surface area contributed by atoms with Crippen molar-refractivity contribution in [1.29, 1.82) is 0 Å². The Labute approximate surface area is 169 Å². The van der Waals surface area contributed by atoms with E-state index in [-0.39, 0.29) is 12.0 Å². The maximum atomic E-state index is 12.8. The number of aryl methyl sites for hydroxylation is 1. The minimum absolute atomic E-state index is 0.0483. The molecule has 1 aromatic heterocycles. The van der Waals surface area contributed by atoms with E-state index >= 15 is 0 Å². The summed E-state index contributed by atoms with van der Waals surface area (Å²) in [5, 5.41) is 1.19. The molecule has 1 fully saturated rings. The van der Waals surface area contributed by atoms with Crippen molar-refractivity contribution in [2.45, 2.75) is 37.8 Å². The quantitative estimate of drug-likeness (QED) is 0.649. The number of hydrogen-bond acceptors (Lipinski definition) is 3. The second-order valence-corrected chi connectivity index (χ2v) is 7.47. The van der Waals surface area contributed by atoms with Gasteiger partial charge in [0.15, 0.2) is 0 Å². The smallest absolute Gasteiger partial charge is 0.240 e. The highest BCUT2D eigenvalue weighted by Crippen LogP contribution is 2.25. The molecule has 0 radical (unpaired) electrons. The van der Waals surface area contributed by atoms with E-state index in [9.17, 15) is 9.59 Å². The van der Waals surface area contributed by atoms with Crippen LogP contribution in [0.2, 0.25) is 0 Å². The summed E-state index contributed by atoms with van der Waals surface area (Å²) in [5.41, 5.74) is 7.86. The van der Waals surface area contributed by atoms with Gasteiger partial charge in [0.25, 0.3) is 0 Å². The molecule has 0 bridgehead atoms. The number of para-hydroxylation sites is 2. The van der Waals surface area contributed by atoms with Crippen molar-refractivity contribution in [3.8, 4) is 5.75 Å². The Bertz CT molecular complexity index is 999. The van der Waals surface area contributed by atoms with E-state index < -0.39 is 11.9 Å². The standard InChI is InChI=1S/C23H25N3O3/c24-23(28)21-13-18(29-17-8-2-1-3-9-17)15-26(21)22(27)12-6-7-16-14-25-20-11-5-4-10-19(16)20/h1-5,8-11,14,18,21,25H,6-7,12-13,15H2,(H2,24,28). The lowest BCUT2D eigenvalue weighted by Crippen LogP contribution is -2.43. The predicted molar refractivity (Wildman–Crippen MR) is 111 cm³/mol. The van der Waals surface area contributed by atoms with Gasteiger partial charge in [-0.3, -0.25) is 9.59 Å². The van der Waals surface area contributed by atoms with Gasteiger partial charge in [-0.25, -0.2) is 0 Å². The number of carbonyl (C=O) groups is 2. The Morgan fingerprint density at radius 2 is 1.86 bits per heavy atom. The molecule has 2 heterocycles. The fourth-order valence-corrected chi connectivity index (χ4v) is 4.03. The van der Waals surface area contributed by atoms with Crippen LogP contribution in [0.4, 0.5) is 0 Å². The van der Waals surface area contributed by atoms with Gasteiger partial charge in [0, 0.05) is 29.9 Å². The molecular formula is C23H25N3O3. The Morgan fingerprint density at radius 3 is 2.66 bits per heavy atom. The van der Waals surface area contributed by atoms with Crippen LogP contribution in [-0.4, -0.2) is 40.4 Å². The van der Waals surface area contributed by atoms with Gasteiger partial charge in [0.2, 0.25) is 11.8 Å². The number of amides is 2. The molecule has 1 aliphatic heterocycles. The van der Waals surface area contributed by atoms with E-state index in [0.29, 0.717) is 25.8 Å². The second kappa shape index (κ2) is 8.39. The zero-order valence-corrected chi connectivity index (χ0v) is 16.2. The van der Waals surface area contributed by atoms with E-state index in [1.54, 1.807) is 4.90 Å². The number of hydrogen-bond donors (Lipinski definition) is 2. The first-order valence-corrected chi connectivity index (χ1v) is 9.97. The van der Waals surface area contributed by atoms with Crippen LogP contribution < -0.4 is 10.5 Å². The highest BCUT2D eigenvalue weighted by atomic mass is 16.5. The third-order valence-electron chi connectivity index (χ3n) is 5.47. The number of ether oxygens (including phenoxy) is 1. The molecule has 4 rings (SSSR count). The van der Waals surface area contributed by atoms with E-state index in [0.717, 1.165) is 17.7 Å². The molecule has 2 unspecified atom stereocenters. The SMILES string of the molecule is NC(=O)C1CC(Oc2ccccc2)CN1C(=O)CCCc1c[nH]c2ccccc12. The maximum Gasteiger partial charge on any atom is 0.240 e. The number of carbonyl (C=O) groups excluding carboxylic acids is 2. The summed E-state index contributed by atoms with van der Waals surface area (Å²) in [5.74, 6) is 0.205. The number of H-pyrrole nitrogens is 1. The molecule has 150 valence electrons. The Hall–Kier alpha value is -3.28. The van der Waals surface area contributed by atoms with Crippen molar-refractivity contribution in [3.63, 3.8) is 0 Å². The fourth-order valence-electron chi connectivity index (χ4n) is 4.03. The molecule has 0 saturated carbocycles. The number of nitrogens with two attached hydrogens (primary N) is 1. The van der Waals surface area contributed by atoms with Crippen LogP contribution in [0.3, 0.4) is 0 Å². The van der Waals surface area contributed by atoms with Gasteiger partial charge in [-0.2, -0.15) is 0 Å². The molecular weight excluding hydrogens is 366 g/mol. The second-order valence-electron chi connectivity index (χ2n) is 7.47. The molecule has 0 aliphatic carbocycles. The number of rotatable bonds is 7. The summed E-state index contributed by atoms with van der Waals surface area (Å²) in [7, 11) is 0. The number of primary amides is 1. The summed E-state index contributed by atoms with van der Waals surface area (Å²) in [6.45, 7) is 0.383. The topological polar surface area (TPSA) is 88.4 Å².